The molecule has 98 valence electrons. The third-order valence-electron chi connectivity index (χ3n) is 3.57. The first-order valence-electron chi connectivity index (χ1n) is 6.69. The van der Waals surface area contributed by atoms with Crippen LogP contribution in [0.4, 0.5) is 0 Å². The van der Waals surface area contributed by atoms with Crippen molar-refractivity contribution in [3.8, 4) is 0 Å². The van der Waals surface area contributed by atoms with Gasteiger partial charge in [-0.3, -0.25) is 10.1 Å². The maximum Gasteiger partial charge on any atom is 0.269 e. The maximum atomic E-state index is 10.7. The third kappa shape index (κ3) is 3.81. The Labute approximate surface area is 108 Å². The van der Waals surface area contributed by atoms with E-state index in [-0.39, 0.29) is 10.6 Å². The Kier molecular flexibility index (Phi) is 4.70. The highest BCUT2D eigenvalue weighted by molar-refractivity contribution is 5.27. The van der Waals surface area contributed by atoms with Crippen LogP contribution in [-0.2, 0) is 0 Å². The van der Waals surface area contributed by atoms with Crippen LogP contribution in [0.5, 0.6) is 0 Å². The molecule has 2 aliphatic rings. The molecule has 18 heavy (non-hydrogen) atoms. The molecule has 4 heteroatoms. The molecule has 0 bridgehead atoms. The average Bonchev–Trinajstić information content (AvgIpc) is 2.63. The molecule has 4 nitrogen and oxygen atoms in total. The van der Waals surface area contributed by atoms with Crippen molar-refractivity contribution in [1.82, 2.24) is 4.90 Å². The number of allylic oxidation sites excluding steroid dienone is 4. The van der Waals surface area contributed by atoms with Gasteiger partial charge in [0.05, 0.1) is 4.92 Å². The van der Waals surface area contributed by atoms with Gasteiger partial charge < -0.3 is 4.90 Å². The predicted octanol–water partition coefficient (Wildman–Crippen LogP) is 2.91. The SMILES string of the molecule is O=[N+]([O-])C1=CC=C(CCN2CCCCC2)CC=C1. The number of likely N-dealkylation sites (tertiary alicyclic amines) is 1. The number of rotatable bonds is 4. The maximum absolute atomic E-state index is 10.7. The first kappa shape index (κ1) is 13.0. The molecule has 0 amide bonds. The zero-order chi connectivity index (χ0) is 12.8. The second-order valence-corrected chi connectivity index (χ2v) is 4.93. The standard InChI is InChI=1S/C14H20N2O2/c17-16(18)14-6-4-5-13(7-8-14)9-12-15-10-2-1-3-11-15/h4,6-8H,1-3,5,9-12H2. The first-order chi connectivity index (χ1) is 8.75. The van der Waals surface area contributed by atoms with Gasteiger partial charge in [0.1, 0.15) is 0 Å². The summed E-state index contributed by atoms with van der Waals surface area (Å²) < 4.78 is 0. The van der Waals surface area contributed by atoms with Gasteiger partial charge in [0.25, 0.3) is 5.70 Å². The van der Waals surface area contributed by atoms with E-state index in [4.69, 9.17) is 0 Å². The van der Waals surface area contributed by atoms with E-state index in [9.17, 15) is 10.1 Å². The molecular formula is C14H20N2O2. The predicted molar refractivity (Wildman–Crippen MR) is 71.8 cm³/mol. The second-order valence-electron chi connectivity index (χ2n) is 4.93. The summed E-state index contributed by atoms with van der Waals surface area (Å²) in [6.45, 7) is 3.50. The van der Waals surface area contributed by atoms with Crippen LogP contribution in [0.2, 0.25) is 0 Å². The molecule has 0 atom stereocenters. The molecule has 0 aromatic heterocycles. The summed E-state index contributed by atoms with van der Waals surface area (Å²) in [6.07, 6.45) is 12.9. The number of hydrogen-bond acceptors (Lipinski definition) is 3. The van der Waals surface area contributed by atoms with Gasteiger partial charge >= 0.3 is 0 Å². The lowest BCUT2D eigenvalue weighted by atomic mass is 10.1. The molecule has 0 spiro atoms. The van der Waals surface area contributed by atoms with Crippen LogP contribution in [0.25, 0.3) is 0 Å². The summed E-state index contributed by atoms with van der Waals surface area (Å²) in [6, 6.07) is 0. The summed E-state index contributed by atoms with van der Waals surface area (Å²) >= 11 is 0. The Morgan fingerprint density at radius 1 is 1.22 bits per heavy atom. The summed E-state index contributed by atoms with van der Waals surface area (Å²) in [5.41, 5.74) is 1.47. The van der Waals surface area contributed by atoms with Crippen molar-refractivity contribution < 1.29 is 4.92 Å². The summed E-state index contributed by atoms with van der Waals surface area (Å²) in [4.78, 5) is 12.8. The molecular weight excluding hydrogens is 228 g/mol. The zero-order valence-electron chi connectivity index (χ0n) is 10.7. The average molecular weight is 248 g/mol. The highest BCUT2D eigenvalue weighted by atomic mass is 16.6. The van der Waals surface area contributed by atoms with E-state index in [1.54, 1.807) is 12.2 Å². The highest BCUT2D eigenvalue weighted by Gasteiger charge is 2.11. The fraction of sp³-hybridized carbons (Fsp3) is 0.571. The number of nitrogens with zero attached hydrogens (tertiary/aromatic N) is 2. The molecule has 0 aromatic rings. The molecule has 0 aromatic carbocycles. The Hall–Kier alpha value is -1.42. The number of piperidine rings is 1. The monoisotopic (exact) mass is 248 g/mol. The van der Waals surface area contributed by atoms with Gasteiger partial charge in [0.15, 0.2) is 0 Å². The number of hydrogen-bond donors (Lipinski definition) is 0. The Bertz CT molecular complexity index is 391. The van der Waals surface area contributed by atoms with Crippen molar-refractivity contribution >= 4 is 0 Å². The molecule has 1 aliphatic heterocycles. The molecule has 1 saturated heterocycles. The van der Waals surface area contributed by atoms with Crippen molar-refractivity contribution in [2.24, 2.45) is 0 Å². The largest absolute Gasteiger partial charge is 0.303 e. The first-order valence-corrected chi connectivity index (χ1v) is 6.69. The van der Waals surface area contributed by atoms with E-state index < -0.39 is 0 Å². The van der Waals surface area contributed by atoms with E-state index in [0.717, 1.165) is 19.4 Å². The molecule has 2 rings (SSSR count). The molecule has 0 radical (unpaired) electrons. The molecule has 1 fully saturated rings. The highest BCUT2D eigenvalue weighted by Crippen LogP contribution is 2.17. The van der Waals surface area contributed by atoms with E-state index in [2.05, 4.69) is 4.90 Å². The van der Waals surface area contributed by atoms with E-state index in [1.807, 2.05) is 12.2 Å². The summed E-state index contributed by atoms with van der Waals surface area (Å²) in [5.74, 6) is 0. The van der Waals surface area contributed by atoms with Crippen LogP contribution in [0, 0.1) is 10.1 Å². The van der Waals surface area contributed by atoms with Gasteiger partial charge in [0, 0.05) is 18.7 Å². The minimum absolute atomic E-state index is 0.183. The third-order valence-corrected chi connectivity index (χ3v) is 3.57. The number of nitro groups is 1. The van der Waals surface area contributed by atoms with Crippen LogP contribution < -0.4 is 0 Å². The van der Waals surface area contributed by atoms with Crippen LogP contribution in [-0.4, -0.2) is 29.5 Å². The zero-order valence-corrected chi connectivity index (χ0v) is 10.7. The minimum atomic E-state index is -0.333. The lowest BCUT2D eigenvalue weighted by molar-refractivity contribution is -0.419. The van der Waals surface area contributed by atoms with Crippen molar-refractivity contribution in [1.29, 1.82) is 0 Å². The summed E-state index contributed by atoms with van der Waals surface area (Å²) in [5, 5.41) is 10.7. The fourth-order valence-corrected chi connectivity index (χ4v) is 2.45. The lowest BCUT2D eigenvalue weighted by Crippen LogP contribution is -2.30. The van der Waals surface area contributed by atoms with Gasteiger partial charge in [-0.2, -0.15) is 0 Å². The molecule has 1 heterocycles. The summed E-state index contributed by atoms with van der Waals surface area (Å²) in [7, 11) is 0. The van der Waals surface area contributed by atoms with Gasteiger partial charge in [-0.05, 0) is 38.8 Å². The van der Waals surface area contributed by atoms with Gasteiger partial charge in [0.2, 0.25) is 0 Å². The fourth-order valence-electron chi connectivity index (χ4n) is 2.45. The van der Waals surface area contributed by atoms with Crippen LogP contribution in [0.1, 0.15) is 32.1 Å². The van der Waals surface area contributed by atoms with Crippen molar-refractivity contribution in [2.45, 2.75) is 32.1 Å². The normalized spacial score (nSPS) is 21.1. The smallest absolute Gasteiger partial charge is 0.269 e. The Balaban J connectivity index is 1.86. The van der Waals surface area contributed by atoms with Crippen molar-refractivity contribution in [3.05, 3.63) is 45.7 Å². The Morgan fingerprint density at radius 3 is 2.72 bits per heavy atom. The van der Waals surface area contributed by atoms with Gasteiger partial charge in [-0.1, -0.05) is 24.1 Å². The molecule has 0 N–H and O–H groups in total. The van der Waals surface area contributed by atoms with Gasteiger partial charge in [-0.25, -0.2) is 0 Å². The van der Waals surface area contributed by atoms with E-state index >= 15 is 0 Å². The van der Waals surface area contributed by atoms with Crippen molar-refractivity contribution in [3.63, 3.8) is 0 Å². The van der Waals surface area contributed by atoms with Crippen LogP contribution >= 0.6 is 0 Å². The molecule has 1 aliphatic carbocycles. The van der Waals surface area contributed by atoms with Gasteiger partial charge in [-0.15, -0.1) is 0 Å². The van der Waals surface area contributed by atoms with E-state index in [0.29, 0.717) is 0 Å². The second kappa shape index (κ2) is 6.50. The minimum Gasteiger partial charge on any atom is -0.303 e. The topological polar surface area (TPSA) is 46.4 Å². The van der Waals surface area contributed by atoms with Crippen LogP contribution in [0.15, 0.2) is 35.6 Å². The quantitative estimate of drug-likeness (QED) is 0.567. The van der Waals surface area contributed by atoms with Crippen molar-refractivity contribution in [2.75, 3.05) is 19.6 Å². The van der Waals surface area contributed by atoms with Crippen LogP contribution in [0.3, 0.4) is 0 Å². The molecule has 0 unspecified atom stereocenters. The molecule has 0 saturated carbocycles. The lowest BCUT2D eigenvalue weighted by Gasteiger charge is -2.26. The van der Waals surface area contributed by atoms with E-state index in [1.165, 1.54) is 37.9 Å². The Morgan fingerprint density at radius 2 is 2.00 bits per heavy atom.